The van der Waals surface area contributed by atoms with Crippen molar-refractivity contribution in [1.82, 2.24) is 4.98 Å². The zero-order chi connectivity index (χ0) is 16.4. The zero-order valence-electron chi connectivity index (χ0n) is 13.5. The third-order valence-electron chi connectivity index (χ3n) is 4.44. The third kappa shape index (κ3) is 3.38. The van der Waals surface area contributed by atoms with E-state index in [9.17, 15) is 4.21 Å². The van der Waals surface area contributed by atoms with Gasteiger partial charge in [0, 0.05) is 27.9 Å². The first-order chi connectivity index (χ1) is 11.1. The lowest BCUT2D eigenvalue weighted by atomic mass is 9.94. The maximum atomic E-state index is 11.4. The maximum Gasteiger partial charge on any atom is 0.0917 e. The van der Waals surface area contributed by atoms with Crippen molar-refractivity contribution in [3.05, 3.63) is 60.3 Å². The van der Waals surface area contributed by atoms with E-state index in [0.717, 1.165) is 11.9 Å². The molecule has 0 spiro atoms. The van der Waals surface area contributed by atoms with Gasteiger partial charge in [0.1, 0.15) is 0 Å². The number of nitrogens with two attached hydrogens (primary N) is 1. The number of aromatic amines is 1. The number of benzene rings is 2. The predicted octanol–water partition coefficient (Wildman–Crippen LogP) is 4.34. The molecule has 0 aliphatic carbocycles. The quantitative estimate of drug-likeness (QED) is 0.720. The summed E-state index contributed by atoms with van der Waals surface area (Å²) in [6.07, 6.45) is 2.88. The smallest absolute Gasteiger partial charge is 0.0917 e. The highest BCUT2D eigenvalue weighted by Crippen LogP contribution is 2.31. The van der Waals surface area contributed by atoms with Gasteiger partial charge in [0.15, 0.2) is 0 Å². The molecule has 4 heteroatoms. The first-order valence-electron chi connectivity index (χ1n) is 7.87. The lowest BCUT2D eigenvalue weighted by molar-refractivity contribution is 0.636. The van der Waals surface area contributed by atoms with E-state index in [-0.39, 0.29) is 5.25 Å². The molecule has 0 saturated heterocycles. The molecule has 3 N–H and O–H groups in total. The van der Waals surface area contributed by atoms with Crippen LogP contribution in [0.5, 0.6) is 0 Å². The Morgan fingerprint density at radius 1 is 1.13 bits per heavy atom. The standard InChI is InChI=1S/C19H22N2OS/c1-13(10-14(2)23(20)22)16-8-9-17-18(12-21-19(17)11-16)15-6-4-3-5-7-15/h3-9,11-14,21H,10,20H2,1-2H3/t13-,14?,23?/m0/s1. The van der Waals surface area contributed by atoms with E-state index >= 15 is 0 Å². The van der Waals surface area contributed by atoms with Gasteiger partial charge in [-0.3, -0.25) is 5.14 Å². The van der Waals surface area contributed by atoms with Gasteiger partial charge in [-0.2, -0.15) is 0 Å². The molecule has 0 saturated carbocycles. The highest BCUT2D eigenvalue weighted by atomic mass is 32.2. The van der Waals surface area contributed by atoms with Gasteiger partial charge in [-0.15, -0.1) is 0 Å². The van der Waals surface area contributed by atoms with Crippen LogP contribution in [0.25, 0.3) is 22.0 Å². The number of H-pyrrole nitrogens is 1. The van der Waals surface area contributed by atoms with Gasteiger partial charge < -0.3 is 4.98 Å². The summed E-state index contributed by atoms with van der Waals surface area (Å²) < 4.78 is 11.4. The molecule has 2 unspecified atom stereocenters. The average Bonchev–Trinajstić information content (AvgIpc) is 2.98. The second-order valence-corrected chi connectivity index (χ2v) is 7.61. The van der Waals surface area contributed by atoms with Crippen LogP contribution < -0.4 is 5.14 Å². The summed E-state index contributed by atoms with van der Waals surface area (Å²) in [5.74, 6) is 0.324. The van der Waals surface area contributed by atoms with Crippen molar-refractivity contribution in [2.45, 2.75) is 31.4 Å². The first kappa shape index (κ1) is 16.0. The summed E-state index contributed by atoms with van der Waals surface area (Å²) in [7, 11) is -1.26. The summed E-state index contributed by atoms with van der Waals surface area (Å²) in [6, 6.07) is 16.9. The molecule has 0 fully saturated rings. The molecular formula is C19H22N2OS. The van der Waals surface area contributed by atoms with Crippen molar-refractivity contribution in [3.63, 3.8) is 0 Å². The van der Waals surface area contributed by atoms with E-state index in [2.05, 4.69) is 60.6 Å². The SMILES string of the molecule is CC(C[C@H](C)c1ccc2c(-c3ccccc3)c[nH]c2c1)S(N)=O. The van der Waals surface area contributed by atoms with E-state index in [1.54, 1.807) is 0 Å². The molecule has 3 rings (SSSR count). The monoisotopic (exact) mass is 326 g/mol. The molecule has 0 radical (unpaired) electrons. The van der Waals surface area contributed by atoms with Crippen LogP contribution in [0.4, 0.5) is 0 Å². The van der Waals surface area contributed by atoms with Crippen molar-refractivity contribution in [1.29, 1.82) is 0 Å². The number of hydrogen-bond donors (Lipinski definition) is 2. The van der Waals surface area contributed by atoms with Crippen molar-refractivity contribution in [3.8, 4) is 11.1 Å². The largest absolute Gasteiger partial charge is 0.361 e. The zero-order valence-corrected chi connectivity index (χ0v) is 14.3. The number of hydrogen-bond acceptors (Lipinski definition) is 1. The summed E-state index contributed by atoms with van der Waals surface area (Å²) >= 11 is 0. The highest BCUT2D eigenvalue weighted by Gasteiger charge is 2.15. The minimum absolute atomic E-state index is 0.00391. The molecule has 3 nitrogen and oxygen atoms in total. The van der Waals surface area contributed by atoms with Crippen molar-refractivity contribution in [2.75, 3.05) is 0 Å². The molecule has 2 aromatic carbocycles. The lowest BCUT2D eigenvalue weighted by Crippen LogP contribution is -2.20. The van der Waals surface area contributed by atoms with E-state index < -0.39 is 11.0 Å². The van der Waals surface area contributed by atoms with Crippen LogP contribution in [0.3, 0.4) is 0 Å². The number of nitrogens with one attached hydrogen (secondary N) is 1. The Kier molecular flexibility index (Phi) is 4.64. The van der Waals surface area contributed by atoms with Crippen LogP contribution >= 0.6 is 0 Å². The highest BCUT2D eigenvalue weighted by molar-refractivity contribution is 7.83. The van der Waals surface area contributed by atoms with E-state index in [0.29, 0.717) is 5.92 Å². The Balaban J connectivity index is 1.91. The predicted molar refractivity (Wildman–Crippen MR) is 98.6 cm³/mol. The molecule has 3 aromatic rings. The molecule has 23 heavy (non-hydrogen) atoms. The Hall–Kier alpha value is -1.91. The number of aromatic nitrogens is 1. The topological polar surface area (TPSA) is 58.9 Å². The summed E-state index contributed by atoms with van der Waals surface area (Å²) in [4.78, 5) is 3.37. The van der Waals surface area contributed by atoms with Crippen LogP contribution in [-0.2, 0) is 11.0 Å². The Morgan fingerprint density at radius 3 is 2.57 bits per heavy atom. The van der Waals surface area contributed by atoms with Crippen LogP contribution in [0.1, 0.15) is 31.7 Å². The second kappa shape index (κ2) is 6.69. The van der Waals surface area contributed by atoms with Crippen LogP contribution in [0.15, 0.2) is 54.7 Å². The van der Waals surface area contributed by atoms with Gasteiger partial charge in [-0.25, -0.2) is 4.21 Å². The van der Waals surface area contributed by atoms with Gasteiger partial charge in [-0.1, -0.05) is 49.4 Å². The van der Waals surface area contributed by atoms with Crippen molar-refractivity contribution < 1.29 is 4.21 Å². The molecular weight excluding hydrogens is 304 g/mol. The average molecular weight is 326 g/mol. The second-order valence-electron chi connectivity index (χ2n) is 6.15. The Morgan fingerprint density at radius 2 is 1.87 bits per heavy atom. The molecule has 0 amide bonds. The first-order valence-corrected chi connectivity index (χ1v) is 9.15. The summed E-state index contributed by atoms with van der Waals surface area (Å²) in [5.41, 5.74) is 4.81. The van der Waals surface area contributed by atoms with Crippen LogP contribution in [0, 0.1) is 0 Å². The summed E-state index contributed by atoms with van der Waals surface area (Å²) in [5, 5.41) is 6.72. The van der Waals surface area contributed by atoms with E-state index in [4.69, 9.17) is 5.14 Å². The summed E-state index contributed by atoms with van der Waals surface area (Å²) in [6.45, 7) is 4.10. The molecule has 0 bridgehead atoms. The van der Waals surface area contributed by atoms with Crippen molar-refractivity contribution >= 4 is 21.9 Å². The number of rotatable bonds is 5. The minimum Gasteiger partial charge on any atom is -0.361 e. The molecule has 1 aromatic heterocycles. The molecule has 0 aliphatic rings. The normalized spacial score (nSPS) is 15.4. The van der Waals surface area contributed by atoms with Crippen molar-refractivity contribution in [2.24, 2.45) is 5.14 Å². The van der Waals surface area contributed by atoms with Crippen LogP contribution in [-0.4, -0.2) is 14.4 Å². The number of fused-ring (bicyclic) bond motifs is 1. The maximum absolute atomic E-state index is 11.4. The molecule has 120 valence electrons. The fourth-order valence-electron chi connectivity index (χ4n) is 3.04. The van der Waals surface area contributed by atoms with Gasteiger partial charge in [-0.05, 0) is 36.5 Å². The van der Waals surface area contributed by atoms with Gasteiger partial charge in [0.25, 0.3) is 0 Å². The van der Waals surface area contributed by atoms with Gasteiger partial charge >= 0.3 is 0 Å². The molecule has 1 heterocycles. The fraction of sp³-hybridized carbons (Fsp3) is 0.263. The molecule has 0 aliphatic heterocycles. The van der Waals surface area contributed by atoms with E-state index in [1.807, 2.05) is 13.0 Å². The van der Waals surface area contributed by atoms with E-state index in [1.165, 1.54) is 22.1 Å². The Labute approximate surface area is 139 Å². The van der Waals surface area contributed by atoms with Crippen LogP contribution in [0.2, 0.25) is 0 Å². The third-order valence-corrected chi connectivity index (χ3v) is 5.43. The lowest BCUT2D eigenvalue weighted by Gasteiger charge is -2.15. The molecule has 3 atom stereocenters. The van der Waals surface area contributed by atoms with Gasteiger partial charge in [0.05, 0.1) is 11.0 Å². The minimum atomic E-state index is -1.26. The van der Waals surface area contributed by atoms with Gasteiger partial charge in [0.2, 0.25) is 0 Å². The Bertz CT molecular complexity index is 826. The fourth-order valence-corrected chi connectivity index (χ4v) is 3.51.